The first-order chi connectivity index (χ1) is 12.0. The Morgan fingerprint density at radius 3 is 2.92 bits per heavy atom. The summed E-state index contributed by atoms with van der Waals surface area (Å²) >= 11 is 0. The van der Waals surface area contributed by atoms with Crippen molar-refractivity contribution in [2.24, 2.45) is 5.92 Å². The van der Waals surface area contributed by atoms with Crippen LogP contribution in [0.5, 0.6) is 0 Å². The summed E-state index contributed by atoms with van der Waals surface area (Å²) in [6.07, 6.45) is 5.32. The van der Waals surface area contributed by atoms with Gasteiger partial charge in [-0.15, -0.1) is 0 Å². The minimum atomic E-state index is -1.66. The first-order valence-corrected chi connectivity index (χ1v) is 8.90. The fraction of sp³-hybridized carbons (Fsp3) is 0.611. The predicted molar refractivity (Wildman–Crippen MR) is 88.5 cm³/mol. The number of ether oxygens (including phenoxy) is 1. The number of nitrogens with zero attached hydrogens (tertiary/aromatic N) is 2. The lowest BCUT2D eigenvalue weighted by atomic mass is 9.80. The van der Waals surface area contributed by atoms with E-state index < -0.39 is 17.7 Å². The third-order valence-electron chi connectivity index (χ3n) is 5.59. The number of alkyl halides is 1. The third kappa shape index (κ3) is 3.13. The maximum absolute atomic E-state index is 14.4. The maximum atomic E-state index is 14.4. The molecule has 1 saturated carbocycles. The molecule has 0 unspecified atom stereocenters. The number of carbonyl (C=O) groups excluding carboxylic acids is 2. The topological polar surface area (TPSA) is 71.5 Å². The molecule has 1 aromatic rings. The number of aromatic nitrogens is 1. The van der Waals surface area contributed by atoms with Gasteiger partial charge in [0.2, 0.25) is 0 Å². The summed E-state index contributed by atoms with van der Waals surface area (Å²) < 4.78 is 20.3. The molecule has 2 aliphatic heterocycles. The Balaban J connectivity index is 1.35. The number of anilines is 1. The Morgan fingerprint density at radius 1 is 1.40 bits per heavy atom. The van der Waals surface area contributed by atoms with Crippen LogP contribution in [-0.2, 0) is 14.3 Å². The second-order valence-corrected chi connectivity index (χ2v) is 7.25. The minimum absolute atomic E-state index is 0.189. The fourth-order valence-electron chi connectivity index (χ4n) is 3.93. The molecule has 4 rings (SSSR count). The lowest BCUT2D eigenvalue weighted by molar-refractivity contribution is -0.154. The molecule has 25 heavy (non-hydrogen) atoms. The van der Waals surface area contributed by atoms with Gasteiger partial charge in [-0.3, -0.25) is 14.6 Å². The Hall–Kier alpha value is -2.02. The van der Waals surface area contributed by atoms with E-state index in [4.69, 9.17) is 4.74 Å². The SMILES string of the molecule is O=C(Nc1cccnc1)[C@H]1C[C@@H]2CCN(C(=O)C3(F)CCC3)C[C@@H]2O1. The Bertz CT molecular complexity index is 665. The number of fused-ring (bicyclic) bond motifs is 1. The largest absolute Gasteiger partial charge is 0.363 e. The molecular weight excluding hydrogens is 325 g/mol. The van der Waals surface area contributed by atoms with Gasteiger partial charge in [0.1, 0.15) is 6.10 Å². The second kappa shape index (κ2) is 6.37. The molecule has 1 aromatic heterocycles. The van der Waals surface area contributed by atoms with E-state index in [0.717, 1.165) is 12.8 Å². The molecule has 3 atom stereocenters. The molecule has 2 amide bonds. The summed E-state index contributed by atoms with van der Waals surface area (Å²) in [6, 6.07) is 3.52. The molecule has 3 heterocycles. The number of hydrogen-bond acceptors (Lipinski definition) is 4. The smallest absolute Gasteiger partial charge is 0.260 e. The summed E-state index contributed by atoms with van der Waals surface area (Å²) in [4.78, 5) is 30.3. The van der Waals surface area contributed by atoms with E-state index in [-0.39, 0.29) is 17.9 Å². The van der Waals surface area contributed by atoms with Gasteiger partial charge in [0, 0.05) is 19.3 Å². The second-order valence-electron chi connectivity index (χ2n) is 7.25. The zero-order valence-electron chi connectivity index (χ0n) is 14.0. The molecular formula is C18H22FN3O3. The highest BCUT2D eigenvalue weighted by molar-refractivity contribution is 5.94. The first kappa shape index (κ1) is 16.4. The average Bonchev–Trinajstić information content (AvgIpc) is 3.03. The van der Waals surface area contributed by atoms with E-state index in [1.165, 1.54) is 0 Å². The Kier molecular flexibility index (Phi) is 4.19. The van der Waals surface area contributed by atoms with Crippen molar-refractivity contribution in [1.82, 2.24) is 9.88 Å². The van der Waals surface area contributed by atoms with Gasteiger partial charge in [0.25, 0.3) is 11.8 Å². The van der Waals surface area contributed by atoms with Crippen molar-refractivity contribution in [3.63, 3.8) is 0 Å². The van der Waals surface area contributed by atoms with E-state index in [9.17, 15) is 14.0 Å². The van der Waals surface area contributed by atoms with Gasteiger partial charge in [0.15, 0.2) is 5.67 Å². The van der Waals surface area contributed by atoms with Crippen LogP contribution in [0.2, 0.25) is 0 Å². The number of likely N-dealkylation sites (tertiary alicyclic amines) is 1. The van der Waals surface area contributed by atoms with Gasteiger partial charge in [0.05, 0.1) is 18.0 Å². The number of hydrogen-bond donors (Lipinski definition) is 1. The van der Waals surface area contributed by atoms with E-state index in [2.05, 4.69) is 10.3 Å². The molecule has 1 aliphatic carbocycles. The molecule has 3 fully saturated rings. The summed E-state index contributed by atoms with van der Waals surface area (Å²) in [5.74, 6) is -0.351. The van der Waals surface area contributed by atoms with Gasteiger partial charge in [-0.2, -0.15) is 0 Å². The number of piperidine rings is 1. The average molecular weight is 347 g/mol. The van der Waals surface area contributed by atoms with Crippen molar-refractivity contribution in [2.75, 3.05) is 18.4 Å². The predicted octanol–water partition coefficient (Wildman–Crippen LogP) is 1.92. The number of halogens is 1. The van der Waals surface area contributed by atoms with Crippen molar-refractivity contribution in [1.29, 1.82) is 0 Å². The normalized spacial score (nSPS) is 30.3. The van der Waals surface area contributed by atoms with Crippen molar-refractivity contribution in [3.8, 4) is 0 Å². The van der Waals surface area contributed by atoms with E-state index >= 15 is 0 Å². The quantitative estimate of drug-likeness (QED) is 0.907. The first-order valence-electron chi connectivity index (χ1n) is 8.90. The Labute approximate surface area is 145 Å². The highest BCUT2D eigenvalue weighted by Crippen LogP contribution is 2.40. The number of rotatable bonds is 3. The van der Waals surface area contributed by atoms with Crippen LogP contribution in [0.3, 0.4) is 0 Å². The van der Waals surface area contributed by atoms with Crippen molar-refractivity contribution >= 4 is 17.5 Å². The summed E-state index contributed by atoms with van der Waals surface area (Å²) in [5.41, 5.74) is -1.03. The number of carbonyl (C=O) groups is 2. The van der Waals surface area contributed by atoms with Gasteiger partial charge in [-0.1, -0.05) is 0 Å². The molecule has 0 bridgehead atoms. The van der Waals surface area contributed by atoms with Gasteiger partial charge in [-0.25, -0.2) is 4.39 Å². The molecule has 0 aromatic carbocycles. The molecule has 6 nitrogen and oxygen atoms in total. The van der Waals surface area contributed by atoms with Crippen LogP contribution in [0.4, 0.5) is 10.1 Å². The summed E-state index contributed by atoms with van der Waals surface area (Å²) in [5, 5.41) is 2.80. The summed E-state index contributed by atoms with van der Waals surface area (Å²) in [6.45, 7) is 0.928. The molecule has 1 N–H and O–H groups in total. The molecule has 0 spiro atoms. The van der Waals surface area contributed by atoms with Crippen LogP contribution >= 0.6 is 0 Å². The number of amides is 2. The molecule has 7 heteroatoms. The third-order valence-corrected chi connectivity index (χ3v) is 5.59. The standard InChI is InChI=1S/C18H22FN3O3/c19-18(5-2-6-18)17(24)22-8-4-12-9-14(25-15(12)11-22)16(23)21-13-3-1-7-20-10-13/h1,3,7,10,12,14-15H,2,4-6,8-9,11H2,(H,21,23)/t12-,14+,15-/m0/s1. The zero-order chi connectivity index (χ0) is 17.4. The van der Waals surface area contributed by atoms with Crippen LogP contribution in [0, 0.1) is 5.92 Å². The lowest BCUT2D eigenvalue weighted by Crippen LogP contribution is -2.55. The molecule has 134 valence electrons. The fourth-order valence-corrected chi connectivity index (χ4v) is 3.93. The van der Waals surface area contributed by atoms with Crippen LogP contribution in [0.25, 0.3) is 0 Å². The van der Waals surface area contributed by atoms with Crippen LogP contribution in [0.15, 0.2) is 24.5 Å². The number of pyridine rings is 1. The summed E-state index contributed by atoms with van der Waals surface area (Å²) in [7, 11) is 0. The zero-order valence-corrected chi connectivity index (χ0v) is 14.0. The van der Waals surface area contributed by atoms with Crippen LogP contribution < -0.4 is 5.32 Å². The van der Waals surface area contributed by atoms with Gasteiger partial charge < -0.3 is 15.0 Å². The van der Waals surface area contributed by atoms with Gasteiger partial charge in [-0.05, 0) is 50.2 Å². The van der Waals surface area contributed by atoms with Crippen molar-refractivity contribution in [2.45, 2.75) is 50.0 Å². The maximum Gasteiger partial charge on any atom is 0.260 e. The molecule has 2 saturated heterocycles. The van der Waals surface area contributed by atoms with Crippen LogP contribution in [0.1, 0.15) is 32.1 Å². The Morgan fingerprint density at radius 2 is 2.24 bits per heavy atom. The van der Waals surface area contributed by atoms with E-state index in [1.807, 2.05) is 0 Å². The van der Waals surface area contributed by atoms with Gasteiger partial charge >= 0.3 is 0 Å². The minimum Gasteiger partial charge on any atom is -0.363 e. The molecule has 3 aliphatic rings. The lowest BCUT2D eigenvalue weighted by Gasteiger charge is -2.41. The monoisotopic (exact) mass is 347 g/mol. The van der Waals surface area contributed by atoms with Crippen molar-refractivity contribution in [3.05, 3.63) is 24.5 Å². The highest BCUT2D eigenvalue weighted by atomic mass is 19.1. The van der Waals surface area contributed by atoms with Crippen LogP contribution in [-0.4, -0.2) is 52.7 Å². The highest BCUT2D eigenvalue weighted by Gasteiger charge is 2.50. The molecule has 0 radical (unpaired) electrons. The van der Waals surface area contributed by atoms with Crippen molar-refractivity contribution < 1.29 is 18.7 Å². The van der Waals surface area contributed by atoms with E-state index in [0.29, 0.717) is 38.0 Å². The number of nitrogens with one attached hydrogen (secondary N) is 1. The van der Waals surface area contributed by atoms with E-state index in [1.54, 1.807) is 29.4 Å².